The lowest BCUT2D eigenvalue weighted by Gasteiger charge is -2.57. The fourth-order valence-corrected chi connectivity index (χ4v) is 5.20. The van der Waals surface area contributed by atoms with Crippen molar-refractivity contribution in [3.8, 4) is 0 Å². The van der Waals surface area contributed by atoms with Crippen LogP contribution < -0.4 is 0 Å². The van der Waals surface area contributed by atoms with Crippen LogP contribution in [0.4, 0.5) is 0 Å². The maximum absolute atomic E-state index is 3.16. The van der Waals surface area contributed by atoms with Gasteiger partial charge in [0.25, 0.3) is 0 Å². The predicted molar refractivity (Wildman–Crippen MR) is 65.1 cm³/mol. The molecule has 0 aliphatic heterocycles. The van der Waals surface area contributed by atoms with Crippen LogP contribution >= 0.6 is 0 Å². The minimum Gasteiger partial charge on any atom is -0.0579 e. The van der Waals surface area contributed by atoms with E-state index in [1.165, 1.54) is 38.5 Å². The van der Waals surface area contributed by atoms with E-state index in [1.807, 2.05) is 0 Å². The summed E-state index contributed by atoms with van der Waals surface area (Å²) in [7, 11) is 0. The third kappa shape index (κ3) is 1.22. The summed E-state index contributed by atoms with van der Waals surface area (Å²) in [4.78, 5) is 0. The molecule has 83 valence electrons. The number of rotatable bonds is 1. The van der Waals surface area contributed by atoms with Gasteiger partial charge in [0.2, 0.25) is 0 Å². The van der Waals surface area contributed by atoms with Crippen LogP contribution in [0.5, 0.6) is 0 Å². The third-order valence-corrected chi connectivity index (χ3v) is 5.37. The van der Waals surface area contributed by atoms with Crippen molar-refractivity contribution >= 4 is 0 Å². The molecule has 0 saturated heterocycles. The molecule has 0 atom stereocenters. The van der Waals surface area contributed by atoms with Gasteiger partial charge in [0, 0.05) is 0 Å². The van der Waals surface area contributed by atoms with Crippen LogP contribution in [0.2, 0.25) is 0 Å². The summed E-state index contributed by atoms with van der Waals surface area (Å²) in [5.41, 5.74) is 2.19. The standard InChI is InChI=1S/C16H19/c1-2-4-15(5-3-1)16-9-12-6-13(10-16)8-14(7-12)11-16/h2-5,12-14H,6-11H2. The molecular formula is C16H19. The van der Waals surface area contributed by atoms with E-state index < -0.39 is 0 Å². The number of benzene rings is 1. The van der Waals surface area contributed by atoms with Gasteiger partial charge in [-0.1, -0.05) is 24.3 Å². The van der Waals surface area contributed by atoms with E-state index in [4.69, 9.17) is 0 Å². The highest BCUT2D eigenvalue weighted by Crippen LogP contribution is 2.60. The van der Waals surface area contributed by atoms with Crippen molar-refractivity contribution in [2.24, 2.45) is 17.8 Å². The fourth-order valence-electron chi connectivity index (χ4n) is 5.20. The van der Waals surface area contributed by atoms with Crippen molar-refractivity contribution in [2.75, 3.05) is 0 Å². The monoisotopic (exact) mass is 211 g/mol. The minimum absolute atomic E-state index is 0.573. The highest BCUT2D eigenvalue weighted by atomic mass is 14.6. The predicted octanol–water partition coefficient (Wildman–Crippen LogP) is 3.95. The van der Waals surface area contributed by atoms with Crippen LogP contribution in [0.3, 0.4) is 0 Å². The molecule has 0 amide bonds. The van der Waals surface area contributed by atoms with Gasteiger partial charge in [0.15, 0.2) is 0 Å². The Bertz CT molecular complexity index is 354. The van der Waals surface area contributed by atoms with Gasteiger partial charge in [-0.15, -0.1) is 0 Å². The Hall–Kier alpha value is -0.780. The summed E-state index contributed by atoms with van der Waals surface area (Å²) >= 11 is 0. The molecule has 16 heavy (non-hydrogen) atoms. The second-order valence-corrected chi connectivity index (χ2v) is 6.49. The quantitative estimate of drug-likeness (QED) is 0.659. The summed E-state index contributed by atoms with van der Waals surface area (Å²) in [5.74, 6) is 3.15. The van der Waals surface area contributed by atoms with Crippen molar-refractivity contribution in [3.05, 3.63) is 35.9 Å². The van der Waals surface area contributed by atoms with Gasteiger partial charge in [-0.2, -0.15) is 0 Å². The SMILES string of the molecule is [c]1ccc(C23CC4CC(CC(C4)C2)C3)cc1. The molecule has 4 saturated carbocycles. The van der Waals surface area contributed by atoms with E-state index in [9.17, 15) is 0 Å². The molecule has 5 rings (SSSR count). The molecule has 4 aliphatic rings. The second-order valence-electron chi connectivity index (χ2n) is 6.49. The van der Waals surface area contributed by atoms with E-state index in [1.54, 1.807) is 5.56 Å². The van der Waals surface area contributed by atoms with Crippen molar-refractivity contribution < 1.29 is 0 Å². The zero-order valence-corrected chi connectivity index (χ0v) is 9.78. The van der Waals surface area contributed by atoms with Gasteiger partial charge in [-0.05, 0) is 73.3 Å². The average Bonchev–Trinajstić information content (AvgIpc) is 2.28. The molecular weight excluding hydrogens is 192 g/mol. The smallest absolute Gasteiger partial charge is 0.00391 e. The molecule has 1 aromatic carbocycles. The molecule has 4 fully saturated rings. The van der Waals surface area contributed by atoms with Gasteiger partial charge >= 0.3 is 0 Å². The topological polar surface area (TPSA) is 0 Å². The zero-order valence-electron chi connectivity index (χ0n) is 9.78. The van der Waals surface area contributed by atoms with E-state index in [0.29, 0.717) is 5.41 Å². The summed E-state index contributed by atoms with van der Waals surface area (Å²) in [6.45, 7) is 0. The zero-order chi connectivity index (χ0) is 10.6. The van der Waals surface area contributed by atoms with Crippen LogP contribution in [0.15, 0.2) is 24.3 Å². The summed E-state index contributed by atoms with van der Waals surface area (Å²) < 4.78 is 0. The van der Waals surface area contributed by atoms with Crippen molar-refractivity contribution in [2.45, 2.75) is 43.9 Å². The normalized spacial score (nSPS) is 44.9. The summed E-state index contributed by atoms with van der Waals surface area (Å²) in [6.07, 6.45) is 9.05. The van der Waals surface area contributed by atoms with Crippen LogP contribution in [0, 0.1) is 23.8 Å². The molecule has 1 radical (unpaired) electrons. The van der Waals surface area contributed by atoms with Crippen molar-refractivity contribution in [1.29, 1.82) is 0 Å². The molecule has 4 aliphatic carbocycles. The highest BCUT2D eigenvalue weighted by Gasteiger charge is 2.51. The molecule has 0 N–H and O–H groups in total. The molecule has 0 unspecified atom stereocenters. The lowest BCUT2D eigenvalue weighted by molar-refractivity contribution is -0.00518. The van der Waals surface area contributed by atoms with Gasteiger partial charge in [-0.25, -0.2) is 0 Å². The lowest BCUT2D eigenvalue weighted by Crippen LogP contribution is -2.48. The largest absolute Gasteiger partial charge is 0.0579 e. The highest BCUT2D eigenvalue weighted by molar-refractivity contribution is 5.28. The Labute approximate surface area is 98.1 Å². The van der Waals surface area contributed by atoms with Crippen LogP contribution in [0.1, 0.15) is 44.1 Å². The van der Waals surface area contributed by atoms with E-state index in [-0.39, 0.29) is 0 Å². The molecule has 0 nitrogen and oxygen atoms in total. The fraction of sp³-hybridized carbons (Fsp3) is 0.625. The lowest BCUT2D eigenvalue weighted by atomic mass is 9.48. The Morgan fingerprint density at radius 2 is 1.38 bits per heavy atom. The molecule has 4 bridgehead atoms. The summed E-state index contributed by atoms with van der Waals surface area (Å²) in [5, 5.41) is 0. The first kappa shape index (κ1) is 9.27. The Balaban J connectivity index is 1.77. The van der Waals surface area contributed by atoms with Crippen LogP contribution in [0.25, 0.3) is 0 Å². The van der Waals surface area contributed by atoms with Gasteiger partial charge < -0.3 is 0 Å². The Morgan fingerprint density at radius 1 is 0.875 bits per heavy atom. The van der Waals surface area contributed by atoms with Gasteiger partial charge in [0.05, 0.1) is 0 Å². The molecule has 0 spiro atoms. The van der Waals surface area contributed by atoms with E-state index in [0.717, 1.165) is 17.8 Å². The second kappa shape index (κ2) is 3.12. The van der Waals surface area contributed by atoms with Crippen molar-refractivity contribution in [3.63, 3.8) is 0 Å². The third-order valence-electron chi connectivity index (χ3n) is 5.37. The molecule has 1 aromatic rings. The number of hydrogen-bond acceptors (Lipinski definition) is 0. The maximum atomic E-state index is 3.16. The number of hydrogen-bond donors (Lipinski definition) is 0. The van der Waals surface area contributed by atoms with Crippen LogP contribution in [-0.4, -0.2) is 0 Å². The van der Waals surface area contributed by atoms with E-state index >= 15 is 0 Å². The van der Waals surface area contributed by atoms with Crippen LogP contribution in [-0.2, 0) is 5.41 Å². The molecule has 0 aromatic heterocycles. The Kier molecular flexibility index (Phi) is 1.81. The van der Waals surface area contributed by atoms with Crippen molar-refractivity contribution in [1.82, 2.24) is 0 Å². The first-order valence-corrected chi connectivity index (χ1v) is 6.81. The van der Waals surface area contributed by atoms with Gasteiger partial charge in [0.1, 0.15) is 0 Å². The average molecular weight is 211 g/mol. The minimum atomic E-state index is 0.573. The first-order valence-electron chi connectivity index (χ1n) is 6.81. The first-order chi connectivity index (χ1) is 7.84. The molecule has 0 heteroatoms. The Morgan fingerprint density at radius 3 is 1.88 bits per heavy atom. The summed E-state index contributed by atoms with van der Waals surface area (Å²) in [6, 6.07) is 12.0. The molecule has 0 heterocycles. The maximum Gasteiger partial charge on any atom is -0.00391 e. The van der Waals surface area contributed by atoms with E-state index in [2.05, 4.69) is 30.3 Å². The van der Waals surface area contributed by atoms with Gasteiger partial charge in [-0.3, -0.25) is 0 Å².